The number of para-hydroxylation sites is 1. The summed E-state index contributed by atoms with van der Waals surface area (Å²) in [5, 5.41) is 2.80. The van der Waals surface area contributed by atoms with Crippen molar-refractivity contribution in [2.24, 2.45) is 0 Å². The number of benzene rings is 2. The summed E-state index contributed by atoms with van der Waals surface area (Å²) in [7, 11) is 1.73. The van der Waals surface area contributed by atoms with Gasteiger partial charge in [-0.25, -0.2) is 4.98 Å². The largest absolute Gasteiger partial charge is 0.311 e. The lowest BCUT2D eigenvalue weighted by atomic mass is 10.1. The van der Waals surface area contributed by atoms with Crippen molar-refractivity contribution in [1.82, 2.24) is 4.98 Å². The Bertz CT molecular complexity index is 959. The van der Waals surface area contributed by atoms with Crippen LogP contribution in [0.25, 0.3) is 0 Å². The summed E-state index contributed by atoms with van der Waals surface area (Å²) in [5.74, 6) is 0.978. The first-order valence-corrected chi connectivity index (χ1v) is 10.2. The molecule has 5 nitrogen and oxygen atoms in total. The van der Waals surface area contributed by atoms with E-state index in [1.54, 1.807) is 54.2 Å². The highest BCUT2D eigenvalue weighted by atomic mass is 32.2. The van der Waals surface area contributed by atoms with Crippen LogP contribution in [0.2, 0.25) is 0 Å². The summed E-state index contributed by atoms with van der Waals surface area (Å²) in [6.45, 7) is 0. The fourth-order valence-electron chi connectivity index (χ4n) is 2.71. The number of nitrogens with one attached hydrogen (secondary N) is 1. The van der Waals surface area contributed by atoms with E-state index in [4.69, 9.17) is 0 Å². The molecular weight excluding hydrogens is 370 g/mol. The highest BCUT2D eigenvalue weighted by Gasteiger charge is 2.14. The second kappa shape index (κ2) is 9.19. The molecule has 1 N–H and O–H groups in total. The highest BCUT2D eigenvalue weighted by molar-refractivity contribution is 7.97. The molecule has 0 aliphatic heterocycles. The quantitative estimate of drug-likeness (QED) is 0.673. The van der Waals surface area contributed by atoms with Crippen molar-refractivity contribution < 1.29 is 9.59 Å². The molecule has 6 heteroatoms. The maximum absolute atomic E-state index is 12.6. The fourth-order valence-corrected chi connectivity index (χ4v) is 3.23. The molecule has 0 spiro atoms. The van der Waals surface area contributed by atoms with Gasteiger partial charge in [0, 0.05) is 35.8 Å². The van der Waals surface area contributed by atoms with Crippen LogP contribution in [0.3, 0.4) is 0 Å². The third-order valence-corrected chi connectivity index (χ3v) is 4.84. The molecule has 1 aromatic heterocycles. The number of anilines is 2. The van der Waals surface area contributed by atoms with Crippen LogP contribution in [0.15, 0.2) is 72.9 Å². The van der Waals surface area contributed by atoms with Gasteiger partial charge in [0.1, 0.15) is 5.82 Å². The molecular formula is C22H21N3O2S. The lowest BCUT2D eigenvalue weighted by molar-refractivity contribution is 0.0989. The second-order valence-corrected chi connectivity index (χ2v) is 7.08. The lowest BCUT2D eigenvalue weighted by Crippen LogP contribution is -2.26. The molecule has 0 atom stereocenters. The third kappa shape index (κ3) is 4.78. The summed E-state index contributed by atoms with van der Waals surface area (Å²) < 4.78 is 0. The van der Waals surface area contributed by atoms with Crippen LogP contribution < -0.4 is 10.2 Å². The van der Waals surface area contributed by atoms with Crippen LogP contribution in [0, 0.1) is 0 Å². The number of hydrogen-bond acceptors (Lipinski definition) is 4. The highest BCUT2D eigenvalue weighted by Crippen LogP contribution is 2.16. The summed E-state index contributed by atoms with van der Waals surface area (Å²) in [6.07, 6.45) is 3.71. The molecule has 3 aromatic rings. The Labute approximate surface area is 168 Å². The zero-order valence-electron chi connectivity index (χ0n) is 15.8. The van der Waals surface area contributed by atoms with Gasteiger partial charge in [0.25, 0.3) is 11.8 Å². The number of rotatable bonds is 6. The van der Waals surface area contributed by atoms with Crippen molar-refractivity contribution in [3.63, 3.8) is 0 Å². The molecule has 28 heavy (non-hydrogen) atoms. The molecule has 0 aliphatic rings. The van der Waals surface area contributed by atoms with Crippen LogP contribution in [0.1, 0.15) is 26.3 Å². The second-order valence-electron chi connectivity index (χ2n) is 6.21. The first-order valence-electron chi connectivity index (χ1n) is 8.77. The van der Waals surface area contributed by atoms with E-state index in [-0.39, 0.29) is 11.8 Å². The molecule has 0 saturated heterocycles. The Kier molecular flexibility index (Phi) is 6.45. The van der Waals surface area contributed by atoms with Gasteiger partial charge in [-0.05, 0) is 60.4 Å². The number of nitrogens with zero attached hydrogens (tertiary/aromatic N) is 2. The van der Waals surface area contributed by atoms with Crippen LogP contribution >= 0.6 is 11.8 Å². The van der Waals surface area contributed by atoms with Crippen LogP contribution in [0.5, 0.6) is 0 Å². The number of carbonyl (C=O) groups excluding carboxylic acids is 2. The van der Waals surface area contributed by atoms with Crippen LogP contribution in [-0.4, -0.2) is 30.1 Å². The summed E-state index contributed by atoms with van der Waals surface area (Å²) in [5.41, 5.74) is 2.90. The maximum Gasteiger partial charge on any atom is 0.258 e. The Morgan fingerprint density at radius 2 is 1.68 bits per heavy atom. The number of pyridine rings is 1. The van der Waals surface area contributed by atoms with Crippen molar-refractivity contribution >= 4 is 35.1 Å². The minimum Gasteiger partial charge on any atom is -0.311 e. The van der Waals surface area contributed by atoms with Crippen molar-refractivity contribution in [3.8, 4) is 0 Å². The Balaban J connectivity index is 1.69. The molecule has 0 radical (unpaired) electrons. The summed E-state index contributed by atoms with van der Waals surface area (Å²) in [6, 6.07) is 19.8. The standard InChI is InChI=1S/C22H21N3O2S/c1-25(19-6-4-3-5-7-19)22(27)18-10-8-17(9-11-18)21(26)24-20-14-16(15-28-2)12-13-23-20/h3-14H,15H2,1-2H3,(H,23,24,26). The van der Waals surface area contributed by atoms with Gasteiger partial charge in [0.15, 0.2) is 0 Å². The van der Waals surface area contributed by atoms with E-state index in [2.05, 4.69) is 10.3 Å². The van der Waals surface area contributed by atoms with Gasteiger partial charge in [0.05, 0.1) is 0 Å². The third-order valence-electron chi connectivity index (χ3n) is 4.22. The predicted molar refractivity (Wildman–Crippen MR) is 115 cm³/mol. The molecule has 0 fully saturated rings. The number of hydrogen-bond donors (Lipinski definition) is 1. The van der Waals surface area contributed by atoms with Gasteiger partial charge < -0.3 is 10.2 Å². The summed E-state index contributed by atoms with van der Waals surface area (Å²) >= 11 is 1.71. The van der Waals surface area contributed by atoms with Gasteiger partial charge in [-0.1, -0.05) is 18.2 Å². The van der Waals surface area contributed by atoms with Gasteiger partial charge >= 0.3 is 0 Å². The summed E-state index contributed by atoms with van der Waals surface area (Å²) in [4.78, 5) is 30.9. The SMILES string of the molecule is CSCc1ccnc(NC(=O)c2ccc(C(=O)N(C)c3ccccc3)cc2)c1. The molecule has 0 saturated carbocycles. The number of thioether (sulfide) groups is 1. The van der Waals surface area contributed by atoms with E-state index in [0.29, 0.717) is 16.9 Å². The van der Waals surface area contributed by atoms with E-state index in [0.717, 1.165) is 17.0 Å². The Hall–Kier alpha value is -3.12. The van der Waals surface area contributed by atoms with Crippen molar-refractivity contribution in [1.29, 1.82) is 0 Å². The molecule has 2 aromatic carbocycles. The van der Waals surface area contributed by atoms with E-state index in [9.17, 15) is 9.59 Å². The molecule has 1 heterocycles. The number of carbonyl (C=O) groups is 2. The van der Waals surface area contributed by atoms with Gasteiger partial charge in [-0.3, -0.25) is 9.59 Å². The fraction of sp³-hybridized carbons (Fsp3) is 0.136. The van der Waals surface area contributed by atoms with Crippen LogP contribution in [-0.2, 0) is 5.75 Å². The van der Waals surface area contributed by atoms with E-state index in [1.807, 2.05) is 48.7 Å². The average Bonchev–Trinajstić information content (AvgIpc) is 2.74. The Morgan fingerprint density at radius 3 is 2.36 bits per heavy atom. The minimum atomic E-state index is -0.260. The minimum absolute atomic E-state index is 0.135. The van der Waals surface area contributed by atoms with Gasteiger partial charge in [-0.2, -0.15) is 11.8 Å². The van der Waals surface area contributed by atoms with E-state index >= 15 is 0 Å². The first-order chi connectivity index (χ1) is 13.6. The van der Waals surface area contributed by atoms with Gasteiger partial charge in [0.2, 0.25) is 0 Å². The van der Waals surface area contributed by atoms with Gasteiger partial charge in [-0.15, -0.1) is 0 Å². The zero-order valence-corrected chi connectivity index (χ0v) is 16.6. The predicted octanol–water partition coefficient (Wildman–Crippen LogP) is 4.47. The maximum atomic E-state index is 12.6. The average molecular weight is 391 g/mol. The monoisotopic (exact) mass is 391 g/mol. The van der Waals surface area contributed by atoms with Crippen molar-refractivity contribution in [2.75, 3.05) is 23.5 Å². The topological polar surface area (TPSA) is 62.3 Å². The molecule has 0 aliphatic carbocycles. The van der Waals surface area contributed by atoms with Crippen molar-refractivity contribution in [3.05, 3.63) is 89.6 Å². The zero-order chi connectivity index (χ0) is 19.9. The normalized spacial score (nSPS) is 10.4. The number of aromatic nitrogens is 1. The molecule has 3 rings (SSSR count). The first kappa shape index (κ1) is 19.6. The molecule has 0 unspecified atom stereocenters. The number of amides is 2. The van der Waals surface area contributed by atoms with E-state index < -0.39 is 0 Å². The smallest absolute Gasteiger partial charge is 0.258 e. The van der Waals surface area contributed by atoms with Crippen molar-refractivity contribution in [2.45, 2.75) is 5.75 Å². The van der Waals surface area contributed by atoms with Crippen LogP contribution in [0.4, 0.5) is 11.5 Å². The molecule has 142 valence electrons. The molecule has 0 bridgehead atoms. The Morgan fingerprint density at radius 1 is 1.00 bits per heavy atom. The van der Waals surface area contributed by atoms with E-state index in [1.165, 1.54) is 0 Å². The lowest BCUT2D eigenvalue weighted by Gasteiger charge is -2.17. The molecule has 2 amide bonds.